The molecule has 13 heavy (non-hydrogen) atoms. The molecular formula is C12H26O. The van der Waals surface area contributed by atoms with E-state index in [2.05, 4.69) is 27.7 Å². The van der Waals surface area contributed by atoms with E-state index in [-0.39, 0.29) is 5.60 Å². The Bertz CT molecular complexity index is 110. The highest BCUT2D eigenvalue weighted by Gasteiger charge is 2.32. The summed E-state index contributed by atoms with van der Waals surface area (Å²) in [6, 6.07) is 0. The van der Waals surface area contributed by atoms with Crippen LogP contribution in [-0.4, -0.2) is 10.7 Å². The summed E-state index contributed by atoms with van der Waals surface area (Å²) in [4.78, 5) is 0. The molecule has 80 valence electrons. The van der Waals surface area contributed by atoms with Gasteiger partial charge in [-0.25, -0.2) is 0 Å². The van der Waals surface area contributed by atoms with E-state index >= 15 is 0 Å². The molecule has 0 saturated heterocycles. The van der Waals surface area contributed by atoms with Crippen LogP contribution in [0, 0.1) is 5.92 Å². The first-order chi connectivity index (χ1) is 6.14. The average Bonchev–Trinajstić information content (AvgIpc) is 2.07. The van der Waals surface area contributed by atoms with Crippen molar-refractivity contribution in [3.8, 4) is 0 Å². The van der Waals surface area contributed by atoms with E-state index in [0.29, 0.717) is 5.92 Å². The van der Waals surface area contributed by atoms with E-state index in [9.17, 15) is 5.11 Å². The molecular weight excluding hydrogens is 160 g/mol. The van der Waals surface area contributed by atoms with Crippen LogP contribution in [0.2, 0.25) is 0 Å². The Morgan fingerprint density at radius 3 is 1.54 bits per heavy atom. The first kappa shape index (κ1) is 13.0. The molecule has 0 aromatic carbocycles. The fraction of sp³-hybridized carbons (Fsp3) is 1.00. The highest BCUT2D eigenvalue weighted by Crippen LogP contribution is 2.32. The number of aliphatic hydroxyl groups is 1. The van der Waals surface area contributed by atoms with Crippen molar-refractivity contribution in [3.05, 3.63) is 0 Å². The zero-order chi connectivity index (χ0) is 10.3. The Morgan fingerprint density at radius 2 is 1.31 bits per heavy atom. The van der Waals surface area contributed by atoms with Crippen LogP contribution >= 0.6 is 0 Å². The van der Waals surface area contributed by atoms with E-state index in [1.807, 2.05) is 0 Å². The van der Waals surface area contributed by atoms with Crippen LogP contribution in [0.4, 0.5) is 0 Å². The molecule has 0 spiro atoms. The van der Waals surface area contributed by atoms with Crippen LogP contribution in [0.5, 0.6) is 0 Å². The molecule has 0 aliphatic heterocycles. The van der Waals surface area contributed by atoms with Crippen molar-refractivity contribution in [2.75, 3.05) is 0 Å². The van der Waals surface area contributed by atoms with Gasteiger partial charge < -0.3 is 5.11 Å². The molecule has 0 fully saturated rings. The topological polar surface area (TPSA) is 20.2 Å². The largest absolute Gasteiger partial charge is 0.390 e. The summed E-state index contributed by atoms with van der Waals surface area (Å²) in [6.45, 7) is 8.68. The summed E-state index contributed by atoms with van der Waals surface area (Å²) in [6.07, 6.45) is 6.32. The molecule has 0 radical (unpaired) electrons. The van der Waals surface area contributed by atoms with Crippen LogP contribution in [0.1, 0.15) is 66.2 Å². The number of hydrogen-bond acceptors (Lipinski definition) is 1. The van der Waals surface area contributed by atoms with E-state index in [1.165, 1.54) is 0 Å². The fourth-order valence-electron chi connectivity index (χ4n) is 2.45. The summed E-state index contributed by atoms with van der Waals surface area (Å²) < 4.78 is 0. The highest BCUT2D eigenvalue weighted by molar-refractivity contribution is 4.84. The van der Waals surface area contributed by atoms with Crippen molar-refractivity contribution < 1.29 is 5.11 Å². The van der Waals surface area contributed by atoms with Gasteiger partial charge in [0, 0.05) is 0 Å². The summed E-state index contributed by atoms with van der Waals surface area (Å²) >= 11 is 0. The van der Waals surface area contributed by atoms with Crippen molar-refractivity contribution in [1.82, 2.24) is 0 Å². The van der Waals surface area contributed by atoms with Crippen molar-refractivity contribution in [1.29, 1.82) is 0 Å². The first-order valence-corrected chi connectivity index (χ1v) is 5.86. The molecule has 0 amide bonds. The van der Waals surface area contributed by atoms with E-state index in [1.54, 1.807) is 0 Å². The van der Waals surface area contributed by atoms with Gasteiger partial charge in [0.15, 0.2) is 0 Å². The Morgan fingerprint density at radius 1 is 0.923 bits per heavy atom. The van der Waals surface area contributed by atoms with Gasteiger partial charge in [-0.3, -0.25) is 0 Å². The van der Waals surface area contributed by atoms with Crippen LogP contribution in [0.15, 0.2) is 0 Å². The Hall–Kier alpha value is -0.0400. The summed E-state index contributed by atoms with van der Waals surface area (Å²) in [5, 5.41) is 10.5. The molecule has 1 nitrogen and oxygen atoms in total. The van der Waals surface area contributed by atoms with Crippen molar-refractivity contribution in [3.63, 3.8) is 0 Å². The third-order valence-corrected chi connectivity index (χ3v) is 3.11. The van der Waals surface area contributed by atoms with Crippen LogP contribution in [0.25, 0.3) is 0 Å². The van der Waals surface area contributed by atoms with Gasteiger partial charge in [-0.1, -0.05) is 53.4 Å². The molecule has 0 aromatic heterocycles. The predicted octanol–water partition coefficient (Wildman–Crippen LogP) is 3.75. The number of hydrogen-bond donors (Lipinski definition) is 1. The van der Waals surface area contributed by atoms with Gasteiger partial charge in [-0.2, -0.15) is 0 Å². The summed E-state index contributed by atoms with van der Waals surface area (Å²) in [7, 11) is 0. The van der Waals surface area contributed by atoms with Crippen LogP contribution in [0.3, 0.4) is 0 Å². The molecule has 0 rings (SSSR count). The quantitative estimate of drug-likeness (QED) is 0.642. The molecule has 0 aromatic rings. The van der Waals surface area contributed by atoms with Gasteiger partial charge in [0.05, 0.1) is 5.60 Å². The lowest BCUT2D eigenvalue weighted by atomic mass is 9.77. The van der Waals surface area contributed by atoms with Gasteiger partial charge in [0.1, 0.15) is 0 Å². The second-order valence-corrected chi connectivity index (χ2v) is 4.12. The maximum atomic E-state index is 10.5. The highest BCUT2D eigenvalue weighted by atomic mass is 16.3. The molecule has 0 saturated carbocycles. The lowest BCUT2D eigenvalue weighted by Gasteiger charge is -2.35. The maximum absolute atomic E-state index is 10.5. The van der Waals surface area contributed by atoms with Gasteiger partial charge in [0.2, 0.25) is 0 Å². The SMILES string of the molecule is CCCC(O)(CCC)C(CC)CC. The zero-order valence-electron chi connectivity index (χ0n) is 9.77. The Labute approximate surface area is 83.5 Å². The van der Waals surface area contributed by atoms with E-state index < -0.39 is 0 Å². The lowest BCUT2D eigenvalue weighted by Crippen LogP contribution is -2.37. The van der Waals surface area contributed by atoms with Gasteiger partial charge in [-0.05, 0) is 18.8 Å². The standard InChI is InChI=1S/C12H26O/c1-5-9-12(13,10-6-2)11(7-3)8-4/h11,13H,5-10H2,1-4H3. The van der Waals surface area contributed by atoms with E-state index in [0.717, 1.165) is 38.5 Å². The van der Waals surface area contributed by atoms with Crippen molar-refractivity contribution >= 4 is 0 Å². The molecule has 0 bridgehead atoms. The molecule has 0 aliphatic rings. The second-order valence-electron chi connectivity index (χ2n) is 4.12. The second kappa shape index (κ2) is 6.42. The van der Waals surface area contributed by atoms with Crippen LogP contribution in [-0.2, 0) is 0 Å². The monoisotopic (exact) mass is 186 g/mol. The molecule has 0 unspecified atom stereocenters. The first-order valence-electron chi connectivity index (χ1n) is 5.86. The lowest BCUT2D eigenvalue weighted by molar-refractivity contribution is -0.0380. The Kier molecular flexibility index (Phi) is 6.40. The minimum atomic E-state index is -0.382. The van der Waals surface area contributed by atoms with Crippen LogP contribution < -0.4 is 0 Å². The van der Waals surface area contributed by atoms with Gasteiger partial charge in [0.25, 0.3) is 0 Å². The third kappa shape index (κ3) is 3.68. The van der Waals surface area contributed by atoms with Crippen molar-refractivity contribution in [2.24, 2.45) is 5.92 Å². The van der Waals surface area contributed by atoms with Gasteiger partial charge in [-0.15, -0.1) is 0 Å². The minimum absolute atomic E-state index is 0.382. The number of rotatable bonds is 7. The van der Waals surface area contributed by atoms with Gasteiger partial charge >= 0.3 is 0 Å². The Balaban J connectivity index is 4.33. The zero-order valence-corrected chi connectivity index (χ0v) is 9.77. The predicted molar refractivity (Wildman–Crippen MR) is 58.8 cm³/mol. The smallest absolute Gasteiger partial charge is 0.0675 e. The van der Waals surface area contributed by atoms with Crippen molar-refractivity contribution in [2.45, 2.75) is 71.8 Å². The summed E-state index contributed by atoms with van der Waals surface area (Å²) in [5.41, 5.74) is -0.382. The molecule has 1 N–H and O–H groups in total. The summed E-state index contributed by atoms with van der Waals surface area (Å²) in [5.74, 6) is 0.493. The maximum Gasteiger partial charge on any atom is 0.0675 e. The molecule has 0 heterocycles. The molecule has 1 heteroatoms. The molecule has 0 aliphatic carbocycles. The minimum Gasteiger partial charge on any atom is -0.390 e. The normalized spacial score (nSPS) is 12.5. The van der Waals surface area contributed by atoms with E-state index in [4.69, 9.17) is 0 Å². The third-order valence-electron chi connectivity index (χ3n) is 3.11. The molecule has 0 atom stereocenters. The average molecular weight is 186 g/mol. The fourth-order valence-corrected chi connectivity index (χ4v) is 2.45.